The molecule has 0 spiro atoms. The summed E-state index contributed by atoms with van der Waals surface area (Å²) in [7, 11) is 0. The molecule has 1 heterocycles. The number of aromatic amines is 1. The summed E-state index contributed by atoms with van der Waals surface area (Å²) in [6.45, 7) is 3.15. The highest BCUT2D eigenvalue weighted by atomic mass is 35.5. The first-order valence-corrected chi connectivity index (χ1v) is 13.4. The summed E-state index contributed by atoms with van der Waals surface area (Å²) >= 11 is 12.2. The van der Waals surface area contributed by atoms with Gasteiger partial charge in [-0.2, -0.15) is 0 Å². The summed E-state index contributed by atoms with van der Waals surface area (Å²) in [4.78, 5) is 33.6. The fourth-order valence-electron chi connectivity index (χ4n) is 4.37. The van der Waals surface area contributed by atoms with Crippen LogP contribution in [0.3, 0.4) is 0 Å². The van der Waals surface area contributed by atoms with E-state index in [0.29, 0.717) is 36.6 Å². The highest BCUT2D eigenvalue weighted by molar-refractivity contribution is 6.42. The van der Waals surface area contributed by atoms with Crippen LogP contribution in [0.1, 0.15) is 41.3 Å². The Morgan fingerprint density at radius 2 is 1.68 bits per heavy atom. The minimum Gasteiger partial charge on any atom is -0.361 e. The molecule has 0 bridgehead atoms. The third kappa shape index (κ3) is 6.94. The maximum absolute atomic E-state index is 13.7. The van der Waals surface area contributed by atoms with Crippen LogP contribution >= 0.6 is 23.2 Å². The predicted molar refractivity (Wildman–Crippen MR) is 151 cm³/mol. The lowest BCUT2D eigenvalue weighted by molar-refractivity contribution is -0.132. The van der Waals surface area contributed by atoms with Gasteiger partial charge in [0, 0.05) is 42.3 Å². The molecule has 0 aliphatic carbocycles. The van der Waals surface area contributed by atoms with E-state index in [0.717, 1.165) is 34.9 Å². The molecule has 4 rings (SSSR count). The number of hydrogen-bond donors (Lipinski definition) is 1. The van der Waals surface area contributed by atoms with Gasteiger partial charge in [-0.3, -0.25) is 9.59 Å². The standard InChI is InChI=1S/C30H30Cl2FN3O2/c1-2-3-15-36(30(38)22-10-13-26(31)27(32)17-22)20-29(37)35(19-21-8-11-24(33)12-9-21)16-14-23-18-34-28-7-5-4-6-25(23)28/h4-13,17-18,34H,2-3,14-16,19-20H2,1H3. The van der Waals surface area contributed by atoms with E-state index in [1.165, 1.54) is 18.2 Å². The van der Waals surface area contributed by atoms with Gasteiger partial charge in [0.25, 0.3) is 5.91 Å². The van der Waals surface area contributed by atoms with Crippen LogP contribution < -0.4 is 0 Å². The van der Waals surface area contributed by atoms with Gasteiger partial charge >= 0.3 is 0 Å². The van der Waals surface area contributed by atoms with Crippen LogP contribution in [0.2, 0.25) is 10.0 Å². The van der Waals surface area contributed by atoms with E-state index in [2.05, 4.69) is 11.1 Å². The summed E-state index contributed by atoms with van der Waals surface area (Å²) in [5.74, 6) is -0.786. The number of benzene rings is 3. The van der Waals surface area contributed by atoms with Crippen LogP contribution in [-0.4, -0.2) is 46.2 Å². The molecule has 1 aromatic heterocycles. The van der Waals surface area contributed by atoms with E-state index >= 15 is 0 Å². The topological polar surface area (TPSA) is 56.4 Å². The van der Waals surface area contributed by atoms with E-state index in [-0.39, 0.29) is 29.2 Å². The Morgan fingerprint density at radius 3 is 2.42 bits per heavy atom. The Hall–Kier alpha value is -3.35. The summed E-state index contributed by atoms with van der Waals surface area (Å²) in [6, 6.07) is 18.9. The van der Waals surface area contributed by atoms with Gasteiger partial charge < -0.3 is 14.8 Å². The van der Waals surface area contributed by atoms with Crippen LogP contribution in [0, 0.1) is 5.82 Å². The lowest BCUT2D eigenvalue weighted by atomic mass is 10.1. The maximum atomic E-state index is 13.7. The number of unbranched alkanes of at least 4 members (excludes halogenated alkanes) is 1. The van der Waals surface area contributed by atoms with Crippen LogP contribution in [0.4, 0.5) is 4.39 Å². The quantitative estimate of drug-likeness (QED) is 0.215. The van der Waals surface area contributed by atoms with Gasteiger partial charge in [-0.05, 0) is 60.4 Å². The van der Waals surface area contributed by atoms with Crippen molar-refractivity contribution in [2.24, 2.45) is 0 Å². The molecule has 0 unspecified atom stereocenters. The fraction of sp³-hybridized carbons (Fsp3) is 0.267. The first-order valence-electron chi connectivity index (χ1n) is 12.7. The average Bonchev–Trinajstić information content (AvgIpc) is 3.34. The number of halogens is 3. The fourth-order valence-corrected chi connectivity index (χ4v) is 4.67. The number of nitrogens with one attached hydrogen (secondary N) is 1. The molecule has 0 saturated heterocycles. The van der Waals surface area contributed by atoms with Gasteiger partial charge in [0.2, 0.25) is 5.91 Å². The molecule has 198 valence electrons. The summed E-state index contributed by atoms with van der Waals surface area (Å²) in [5, 5.41) is 1.76. The van der Waals surface area contributed by atoms with Crippen LogP contribution in [0.5, 0.6) is 0 Å². The van der Waals surface area contributed by atoms with Gasteiger partial charge in [0.1, 0.15) is 12.4 Å². The molecule has 0 saturated carbocycles. The molecule has 0 fully saturated rings. The smallest absolute Gasteiger partial charge is 0.254 e. The van der Waals surface area contributed by atoms with Crippen LogP contribution in [-0.2, 0) is 17.8 Å². The first-order chi connectivity index (χ1) is 18.4. The molecular formula is C30H30Cl2FN3O2. The Morgan fingerprint density at radius 1 is 0.921 bits per heavy atom. The highest BCUT2D eigenvalue weighted by Crippen LogP contribution is 2.24. The molecule has 8 heteroatoms. The molecule has 4 aromatic rings. The van der Waals surface area contributed by atoms with Crippen molar-refractivity contribution in [3.63, 3.8) is 0 Å². The van der Waals surface area contributed by atoms with Crippen molar-refractivity contribution in [1.29, 1.82) is 0 Å². The van der Waals surface area contributed by atoms with E-state index in [1.54, 1.807) is 34.1 Å². The molecule has 38 heavy (non-hydrogen) atoms. The van der Waals surface area contributed by atoms with Crippen molar-refractivity contribution in [1.82, 2.24) is 14.8 Å². The minimum atomic E-state index is -0.330. The Bertz CT molecular complexity index is 1400. The molecular weight excluding hydrogens is 524 g/mol. The second-order valence-corrected chi connectivity index (χ2v) is 10.1. The SMILES string of the molecule is CCCCN(CC(=O)N(CCc1c[nH]c2ccccc12)Cc1ccc(F)cc1)C(=O)c1ccc(Cl)c(Cl)c1. The number of para-hydroxylation sites is 1. The maximum Gasteiger partial charge on any atom is 0.254 e. The normalized spacial score (nSPS) is 11.1. The first kappa shape index (κ1) is 27.7. The van der Waals surface area contributed by atoms with Gasteiger partial charge in [0.15, 0.2) is 0 Å². The van der Waals surface area contributed by atoms with E-state index < -0.39 is 0 Å². The van der Waals surface area contributed by atoms with Crippen molar-refractivity contribution in [2.45, 2.75) is 32.7 Å². The van der Waals surface area contributed by atoms with Gasteiger partial charge in [-0.15, -0.1) is 0 Å². The van der Waals surface area contributed by atoms with Gasteiger partial charge in [-0.25, -0.2) is 4.39 Å². The molecule has 2 amide bonds. The average molecular weight is 554 g/mol. The summed E-state index contributed by atoms with van der Waals surface area (Å²) < 4.78 is 13.5. The number of H-pyrrole nitrogens is 1. The van der Waals surface area contributed by atoms with E-state index in [1.807, 2.05) is 31.3 Å². The number of amides is 2. The van der Waals surface area contributed by atoms with Crippen molar-refractivity contribution >= 4 is 45.9 Å². The number of nitrogens with zero attached hydrogens (tertiary/aromatic N) is 2. The zero-order valence-corrected chi connectivity index (χ0v) is 22.7. The predicted octanol–water partition coefficient (Wildman–Crippen LogP) is 7.13. The Labute approximate surface area is 232 Å². The molecule has 0 atom stereocenters. The molecule has 1 N–H and O–H groups in total. The third-order valence-corrected chi connectivity index (χ3v) is 7.27. The number of hydrogen-bond acceptors (Lipinski definition) is 2. The van der Waals surface area contributed by atoms with Crippen LogP contribution in [0.15, 0.2) is 72.9 Å². The van der Waals surface area contributed by atoms with Gasteiger partial charge in [0.05, 0.1) is 10.0 Å². The van der Waals surface area contributed by atoms with E-state index in [4.69, 9.17) is 23.2 Å². The van der Waals surface area contributed by atoms with Crippen molar-refractivity contribution in [3.05, 3.63) is 105 Å². The summed E-state index contributed by atoms with van der Waals surface area (Å²) in [6.07, 6.45) is 4.23. The number of carbonyl (C=O) groups excluding carboxylic acids is 2. The zero-order valence-electron chi connectivity index (χ0n) is 21.2. The molecule has 0 radical (unpaired) electrons. The third-order valence-electron chi connectivity index (χ3n) is 6.53. The molecule has 5 nitrogen and oxygen atoms in total. The lowest BCUT2D eigenvalue weighted by Gasteiger charge is -2.28. The molecule has 3 aromatic carbocycles. The molecule has 0 aliphatic rings. The van der Waals surface area contributed by atoms with Crippen molar-refractivity contribution in [3.8, 4) is 0 Å². The number of aromatic nitrogens is 1. The Kier molecular flexibility index (Phi) is 9.43. The zero-order chi connectivity index (χ0) is 27.1. The van der Waals surface area contributed by atoms with E-state index in [9.17, 15) is 14.0 Å². The number of rotatable bonds is 11. The second kappa shape index (κ2) is 12.9. The highest BCUT2D eigenvalue weighted by Gasteiger charge is 2.23. The minimum absolute atomic E-state index is 0.0752. The lowest BCUT2D eigenvalue weighted by Crippen LogP contribution is -2.43. The van der Waals surface area contributed by atoms with Crippen LogP contribution in [0.25, 0.3) is 10.9 Å². The van der Waals surface area contributed by atoms with Crippen molar-refractivity contribution in [2.75, 3.05) is 19.6 Å². The van der Waals surface area contributed by atoms with Gasteiger partial charge in [-0.1, -0.05) is 66.9 Å². The van der Waals surface area contributed by atoms with Crippen molar-refractivity contribution < 1.29 is 14.0 Å². The largest absolute Gasteiger partial charge is 0.361 e. The Balaban J connectivity index is 1.55. The second-order valence-electron chi connectivity index (χ2n) is 9.26. The monoisotopic (exact) mass is 553 g/mol. The number of carbonyl (C=O) groups is 2. The number of fused-ring (bicyclic) bond motifs is 1. The molecule has 0 aliphatic heterocycles. The summed E-state index contributed by atoms with van der Waals surface area (Å²) in [5.41, 5.74) is 3.34.